The molecule has 1 aromatic heterocycles. The second-order valence-electron chi connectivity index (χ2n) is 11.1. The number of nitrogens with zero attached hydrogens (tertiary/aromatic N) is 4. The van der Waals surface area contributed by atoms with Gasteiger partial charge in [0.05, 0.1) is 6.54 Å². The van der Waals surface area contributed by atoms with Crippen LogP contribution in [0.15, 0.2) is 48.7 Å². The first-order valence-corrected chi connectivity index (χ1v) is 14.1. The predicted octanol–water partition coefficient (Wildman–Crippen LogP) is 4.98. The summed E-state index contributed by atoms with van der Waals surface area (Å²) in [5, 5.41) is 0.641. The van der Waals surface area contributed by atoms with Crippen molar-refractivity contribution in [2.75, 3.05) is 37.6 Å². The fourth-order valence-electron chi connectivity index (χ4n) is 5.84. The molecule has 0 saturated carbocycles. The summed E-state index contributed by atoms with van der Waals surface area (Å²) in [5.41, 5.74) is 1.09. The molecule has 2 fully saturated rings. The normalized spacial score (nSPS) is 21.5. The third-order valence-corrected chi connectivity index (χ3v) is 7.91. The zero-order chi connectivity index (χ0) is 28.9. The van der Waals surface area contributed by atoms with Crippen LogP contribution in [0.25, 0.3) is 0 Å². The van der Waals surface area contributed by atoms with Gasteiger partial charge in [0.2, 0.25) is 0 Å². The van der Waals surface area contributed by atoms with Crippen molar-refractivity contribution in [3.63, 3.8) is 0 Å². The van der Waals surface area contributed by atoms with Gasteiger partial charge in [0, 0.05) is 55.5 Å². The number of alkyl halides is 3. The van der Waals surface area contributed by atoms with E-state index >= 15 is 0 Å². The standard InChI is InChI=1S/C29H36ClF3N4O3/c1-20(2)15-24-18-37(23-10-13-35(14-11-23)26-5-3-4-12-34-26)25(16-21-6-8-22(30)9-7-21)17-36(24)19-27(38)40-28(39)29(31,32)33/h3-9,12,20,23-25H,10-11,13-19H2,1-2H3/t24-,25-/m0/s1. The quantitative estimate of drug-likeness (QED) is 0.322. The van der Waals surface area contributed by atoms with E-state index in [9.17, 15) is 22.8 Å². The van der Waals surface area contributed by atoms with Crippen molar-refractivity contribution in [2.24, 2.45) is 5.92 Å². The highest BCUT2D eigenvalue weighted by Gasteiger charge is 2.44. The Morgan fingerprint density at radius 1 is 1.05 bits per heavy atom. The molecular formula is C29H36ClF3N4O3. The van der Waals surface area contributed by atoms with Gasteiger partial charge in [0.1, 0.15) is 5.82 Å². The molecule has 7 nitrogen and oxygen atoms in total. The Bertz CT molecular complexity index is 1130. The second kappa shape index (κ2) is 13.3. The lowest BCUT2D eigenvalue weighted by molar-refractivity contribution is -0.202. The number of aromatic nitrogens is 1. The number of carbonyl (C=O) groups excluding carboxylic acids is 2. The topological polar surface area (TPSA) is 66.0 Å². The zero-order valence-corrected chi connectivity index (χ0v) is 23.6. The van der Waals surface area contributed by atoms with Crippen LogP contribution in [0.3, 0.4) is 0 Å². The molecule has 1 aromatic carbocycles. The number of carbonyl (C=O) groups is 2. The Morgan fingerprint density at radius 2 is 1.75 bits per heavy atom. The molecule has 218 valence electrons. The van der Waals surface area contributed by atoms with Crippen LogP contribution in [-0.2, 0) is 20.7 Å². The van der Waals surface area contributed by atoms with E-state index < -0.39 is 18.1 Å². The van der Waals surface area contributed by atoms with Crippen molar-refractivity contribution in [3.05, 3.63) is 59.2 Å². The fraction of sp³-hybridized carbons (Fsp3) is 0.552. The maximum Gasteiger partial charge on any atom is 0.491 e. The molecule has 11 heteroatoms. The number of benzene rings is 1. The van der Waals surface area contributed by atoms with Crippen LogP contribution in [-0.4, -0.2) is 83.7 Å². The smallest absolute Gasteiger partial charge is 0.385 e. The molecule has 0 N–H and O–H groups in total. The number of pyridine rings is 1. The number of piperazine rings is 1. The largest absolute Gasteiger partial charge is 0.491 e. The molecule has 2 saturated heterocycles. The molecule has 0 unspecified atom stereocenters. The van der Waals surface area contributed by atoms with Crippen LogP contribution >= 0.6 is 11.6 Å². The van der Waals surface area contributed by atoms with E-state index in [-0.39, 0.29) is 18.6 Å². The lowest BCUT2D eigenvalue weighted by Gasteiger charge is -2.51. The molecule has 0 bridgehead atoms. The number of ether oxygens (including phenoxy) is 1. The lowest BCUT2D eigenvalue weighted by atomic mass is 9.91. The fourth-order valence-corrected chi connectivity index (χ4v) is 5.97. The van der Waals surface area contributed by atoms with E-state index in [4.69, 9.17) is 11.6 Å². The van der Waals surface area contributed by atoms with Crippen molar-refractivity contribution >= 4 is 29.4 Å². The number of esters is 2. The average molecular weight is 581 g/mol. The third-order valence-electron chi connectivity index (χ3n) is 7.66. The average Bonchev–Trinajstić information content (AvgIpc) is 2.91. The minimum Gasteiger partial charge on any atom is -0.385 e. The molecule has 4 rings (SSSR count). The zero-order valence-electron chi connectivity index (χ0n) is 22.8. The number of hydrogen-bond donors (Lipinski definition) is 0. The lowest BCUT2D eigenvalue weighted by Crippen LogP contribution is -2.63. The van der Waals surface area contributed by atoms with E-state index in [0.717, 1.165) is 43.7 Å². The van der Waals surface area contributed by atoms with Crippen LogP contribution in [0.1, 0.15) is 38.7 Å². The van der Waals surface area contributed by atoms with Crippen molar-refractivity contribution < 1.29 is 27.5 Å². The van der Waals surface area contributed by atoms with E-state index in [1.165, 1.54) is 0 Å². The van der Waals surface area contributed by atoms with Gasteiger partial charge in [-0.2, -0.15) is 13.2 Å². The first kappa shape index (κ1) is 30.3. The first-order valence-electron chi connectivity index (χ1n) is 13.7. The summed E-state index contributed by atoms with van der Waals surface area (Å²) in [6, 6.07) is 13.8. The molecule has 2 aliphatic rings. The molecule has 0 spiro atoms. The summed E-state index contributed by atoms with van der Waals surface area (Å²) in [5.74, 6) is -2.39. The molecule has 2 aromatic rings. The van der Waals surface area contributed by atoms with Gasteiger partial charge < -0.3 is 9.64 Å². The summed E-state index contributed by atoms with van der Waals surface area (Å²) >= 11 is 6.10. The monoisotopic (exact) mass is 580 g/mol. The van der Waals surface area contributed by atoms with Crippen LogP contribution in [0, 0.1) is 5.92 Å². The second-order valence-corrected chi connectivity index (χ2v) is 11.5. The maximum absolute atomic E-state index is 12.7. The Balaban J connectivity index is 1.52. The number of rotatable bonds is 8. The highest BCUT2D eigenvalue weighted by Crippen LogP contribution is 2.30. The number of piperidine rings is 1. The van der Waals surface area contributed by atoms with E-state index in [1.54, 1.807) is 6.20 Å². The molecule has 2 atom stereocenters. The van der Waals surface area contributed by atoms with Crippen LogP contribution in [0.2, 0.25) is 5.02 Å². The van der Waals surface area contributed by atoms with Gasteiger partial charge in [-0.15, -0.1) is 0 Å². The van der Waals surface area contributed by atoms with Gasteiger partial charge in [-0.3, -0.25) is 14.6 Å². The SMILES string of the molecule is CC(C)C[C@H]1CN(C2CCN(c3ccccn3)CC2)[C@@H](Cc2ccc(Cl)cc2)CN1CC(=O)OC(=O)C(F)(F)F. The Morgan fingerprint density at radius 3 is 2.35 bits per heavy atom. The molecule has 0 amide bonds. The van der Waals surface area contributed by atoms with Gasteiger partial charge in [-0.1, -0.05) is 43.6 Å². The molecular weight excluding hydrogens is 545 g/mol. The minimum atomic E-state index is -5.22. The maximum atomic E-state index is 12.7. The van der Waals surface area contributed by atoms with Gasteiger partial charge in [0.25, 0.3) is 0 Å². The number of halogens is 4. The Labute approximate surface area is 238 Å². The molecule has 40 heavy (non-hydrogen) atoms. The highest BCUT2D eigenvalue weighted by atomic mass is 35.5. The van der Waals surface area contributed by atoms with E-state index in [2.05, 4.69) is 33.4 Å². The van der Waals surface area contributed by atoms with Crippen molar-refractivity contribution in [2.45, 2.75) is 63.8 Å². The Hall–Kier alpha value is -2.69. The van der Waals surface area contributed by atoms with Crippen molar-refractivity contribution in [3.8, 4) is 0 Å². The summed E-state index contributed by atoms with van der Waals surface area (Å²) in [6.45, 7) is 6.67. The van der Waals surface area contributed by atoms with Crippen LogP contribution < -0.4 is 4.90 Å². The van der Waals surface area contributed by atoms with Crippen LogP contribution in [0.4, 0.5) is 19.0 Å². The predicted molar refractivity (Wildman–Crippen MR) is 147 cm³/mol. The first-order chi connectivity index (χ1) is 19.0. The molecule has 3 heterocycles. The number of hydrogen-bond acceptors (Lipinski definition) is 7. The highest BCUT2D eigenvalue weighted by molar-refractivity contribution is 6.30. The molecule has 2 aliphatic heterocycles. The summed E-state index contributed by atoms with van der Waals surface area (Å²) in [7, 11) is 0. The van der Waals surface area contributed by atoms with Gasteiger partial charge in [0.15, 0.2) is 0 Å². The Kier molecular flexibility index (Phi) is 10.1. The molecule has 0 aliphatic carbocycles. The van der Waals surface area contributed by atoms with Gasteiger partial charge in [-0.05, 0) is 61.4 Å². The van der Waals surface area contributed by atoms with Gasteiger partial charge >= 0.3 is 18.1 Å². The van der Waals surface area contributed by atoms with Crippen LogP contribution in [0.5, 0.6) is 0 Å². The van der Waals surface area contributed by atoms with E-state index in [1.807, 2.05) is 47.4 Å². The summed E-state index contributed by atoms with van der Waals surface area (Å²) in [4.78, 5) is 34.9. The summed E-state index contributed by atoms with van der Waals surface area (Å²) < 4.78 is 42.2. The van der Waals surface area contributed by atoms with E-state index in [0.29, 0.717) is 36.5 Å². The van der Waals surface area contributed by atoms with Crippen molar-refractivity contribution in [1.82, 2.24) is 14.8 Å². The van der Waals surface area contributed by atoms with Gasteiger partial charge in [-0.25, -0.2) is 9.78 Å². The molecule has 0 radical (unpaired) electrons. The minimum absolute atomic E-state index is 0.0158. The third kappa shape index (κ3) is 8.17. The summed E-state index contributed by atoms with van der Waals surface area (Å²) in [6.07, 6.45) is -0.0650. The van der Waals surface area contributed by atoms with Crippen molar-refractivity contribution in [1.29, 1.82) is 0 Å². The number of anilines is 1.